The first-order valence-corrected chi connectivity index (χ1v) is 6.10. The van der Waals surface area contributed by atoms with Crippen LogP contribution in [0.3, 0.4) is 0 Å². The minimum atomic E-state index is -0.761. The number of esters is 1. The van der Waals surface area contributed by atoms with Gasteiger partial charge in [0.05, 0.1) is 19.4 Å². The van der Waals surface area contributed by atoms with Crippen molar-refractivity contribution in [1.29, 1.82) is 0 Å². The second-order valence-corrected chi connectivity index (χ2v) is 4.33. The van der Waals surface area contributed by atoms with E-state index in [2.05, 4.69) is 9.47 Å². The summed E-state index contributed by atoms with van der Waals surface area (Å²) in [4.78, 5) is 34.6. The molecule has 1 atom stereocenters. The van der Waals surface area contributed by atoms with Crippen LogP contribution >= 0.6 is 11.8 Å². The third-order valence-electron chi connectivity index (χ3n) is 2.09. The van der Waals surface area contributed by atoms with Crippen LogP contribution in [0.15, 0.2) is 0 Å². The molecule has 0 aromatic rings. The Morgan fingerprint density at radius 3 is 2.88 bits per heavy atom. The monoisotopic (exact) mass is 262 g/mol. The third kappa shape index (κ3) is 3.90. The molecular weight excluding hydrogens is 248 g/mol. The van der Waals surface area contributed by atoms with Crippen molar-refractivity contribution in [1.82, 2.24) is 4.90 Å². The van der Waals surface area contributed by atoms with Crippen molar-refractivity contribution in [3.05, 3.63) is 0 Å². The molecule has 1 rings (SSSR count). The van der Waals surface area contributed by atoms with Gasteiger partial charge in [-0.05, 0) is 0 Å². The molecule has 17 heavy (non-hydrogen) atoms. The molecule has 1 aliphatic heterocycles. The average molecular weight is 262 g/mol. The predicted octanol–water partition coefficient (Wildman–Crippen LogP) is -0.801. The number of nitrogens with zero attached hydrogens (tertiary/aromatic N) is 1. The van der Waals surface area contributed by atoms with Crippen molar-refractivity contribution < 1.29 is 23.9 Å². The number of nitrogens with two attached hydrogens (primary N) is 1. The first kappa shape index (κ1) is 13.8. The Morgan fingerprint density at radius 2 is 2.35 bits per heavy atom. The van der Waals surface area contributed by atoms with Gasteiger partial charge in [0.15, 0.2) is 0 Å². The lowest BCUT2D eigenvalue weighted by molar-refractivity contribution is -0.141. The second-order valence-electron chi connectivity index (χ2n) is 3.30. The van der Waals surface area contributed by atoms with Crippen molar-refractivity contribution >= 4 is 29.7 Å². The van der Waals surface area contributed by atoms with Crippen molar-refractivity contribution in [2.75, 3.05) is 31.8 Å². The van der Waals surface area contributed by atoms with Crippen LogP contribution in [-0.2, 0) is 19.1 Å². The number of hydrogen-bond donors (Lipinski definition) is 1. The number of carbonyl (C=O) groups excluding carboxylic acids is 3. The summed E-state index contributed by atoms with van der Waals surface area (Å²) in [5, 5.41) is 0. The molecule has 8 heteroatoms. The maximum Gasteiger partial charge on any atom is 0.416 e. The lowest BCUT2D eigenvalue weighted by Crippen LogP contribution is -2.36. The van der Waals surface area contributed by atoms with Gasteiger partial charge in [0.1, 0.15) is 12.6 Å². The number of imide groups is 1. The number of carbonyl (C=O) groups is 3. The number of hydrogen-bond acceptors (Lipinski definition) is 7. The maximum absolute atomic E-state index is 11.5. The van der Waals surface area contributed by atoms with Crippen LogP contribution in [0.25, 0.3) is 0 Å². The maximum atomic E-state index is 11.5. The summed E-state index contributed by atoms with van der Waals surface area (Å²) in [7, 11) is 1.25. The molecule has 1 fully saturated rings. The minimum Gasteiger partial charge on any atom is -0.468 e. The summed E-state index contributed by atoms with van der Waals surface area (Å²) in [6.45, 7) is 0.512. The van der Waals surface area contributed by atoms with E-state index < -0.39 is 18.1 Å². The van der Waals surface area contributed by atoms with E-state index in [4.69, 9.17) is 5.73 Å². The summed E-state index contributed by atoms with van der Waals surface area (Å²) in [5.74, 6) is -0.513. The molecule has 1 unspecified atom stereocenters. The van der Waals surface area contributed by atoms with Gasteiger partial charge in [0, 0.05) is 5.75 Å². The zero-order valence-corrected chi connectivity index (χ0v) is 10.2. The van der Waals surface area contributed by atoms with Crippen LogP contribution < -0.4 is 5.73 Å². The van der Waals surface area contributed by atoms with Crippen molar-refractivity contribution in [2.24, 2.45) is 5.73 Å². The molecule has 1 aliphatic rings. The van der Waals surface area contributed by atoms with Crippen molar-refractivity contribution in [2.45, 2.75) is 6.04 Å². The smallest absolute Gasteiger partial charge is 0.416 e. The van der Waals surface area contributed by atoms with E-state index in [0.717, 1.165) is 4.90 Å². The number of rotatable bonds is 5. The standard InChI is InChI=1S/C9H14N2O5S/c1-15-8(13)6(10)4-17-5-7(12)11-2-3-16-9(11)14/h6H,2-5,10H2,1H3. The van der Waals surface area contributed by atoms with Crippen LogP contribution in [0, 0.1) is 0 Å². The van der Waals surface area contributed by atoms with Crippen molar-refractivity contribution in [3.63, 3.8) is 0 Å². The molecule has 0 radical (unpaired) electrons. The molecule has 0 bridgehead atoms. The molecular formula is C9H14N2O5S. The van der Waals surface area contributed by atoms with E-state index in [9.17, 15) is 14.4 Å². The number of amides is 2. The highest BCUT2D eigenvalue weighted by molar-refractivity contribution is 8.00. The quantitative estimate of drug-likeness (QED) is 0.647. The van der Waals surface area contributed by atoms with Gasteiger partial charge < -0.3 is 15.2 Å². The lowest BCUT2D eigenvalue weighted by atomic mass is 10.4. The molecule has 0 aliphatic carbocycles. The Labute approximate surface area is 103 Å². The van der Waals surface area contributed by atoms with Crippen LogP contribution in [0.1, 0.15) is 0 Å². The predicted molar refractivity (Wildman–Crippen MR) is 60.4 cm³/mol. The lowest BCUT2D eigenvalue weighted by Gasteiger charge is -2.11. The highest BCUT2D eigenvalue weighted by Crippen LogP contribution is 2.09. The van der Waals surface area contributed by atoms with Crippen LogP contribution in [0.5, 0.6) is 0 Å². The van der Waals surface area contributed by atoms with E-state index in [0.29, 0.717) is 0 Å². The van der Waals surface area contributed by atoms with Crippen LogP contribution in [0.4, 0.5) is 4.79 Å². The average Bonchev–Trinajstić information content (AvgIpc) is 2.74. The summed E-state index contributed by atoms with van der Waals surface area (Å²) in [5.41, 5.74) is 5.48. The van der Waals surface area contributed by atoms with E-state index in [1.165, 1.54) is 18.9 Å². The minimum absolute atomic E-state index is 0.0831. The molecule has 2 N–H and O–H groups in total. The largest absolute Gasteiger partial charge is 0.468 e. The Morgan fingerprint density at radius 1 is 1.65 bits per heavy atom. The molecule has 2 amide bonds. The van der Waals surface area contributed by atoms with Gasteiger partial charge in [-0.15, -0.1) is 11.8 Å². The molecule has 0 aromatic heterocycles. The molecule has 96 valence electrons. The molecule has 1 heterocycles. The van der Waals surface area contributed by atoms with Gasteiger partial charge in [-0.1, -0.05) is 0 Å². The van der Waals surface area contributed by atoms with E-state index in [1.54, 1.807) is 0 Å². The summed E-state index contributed by atoms with van der Waals surface area (Å²) in [6, 6.07) is -0.761. The van der Waals surface area contributed by atoms with Gasteiger partial charge in [0.2, 0.25) is 5.91 Å². The first-order chi connectivity index (χ1) is 8.06. The van der Waals surface area contributed by atoms with Crippen LogP contribution in [-0.4, -0.2) is 60.7 Å². The van der Waals surface area contributed by atoms with Gasteiger partial charge >= 0.3 is 12.1 Å². The SMILES string of the molecule is COC(=O)C(N)CSCC(=O)N1CCOC1=O. The number of methoxy groups -OCH3 is 1. The molecule has 0 aromatic carbocycles. The van der Waals surface area contributed by atoms with Gasteiger partial charge in [-0.3, -0.25) is 9.59 Å². The molecule has 1 saturated heterocycles. The summed E-state index contributed by atoms with van der Waals surface area (Å²) < 4.78 is 9.07. The topological polar surface area (TPSA) is 98.9 Å². The number of cyclic esters (lactones) is 1. The number of ether oxygens (including phenoxy) is 2. The first-order valence-electron chi connectivity index (χ1n) is 4.94. The molecule has 7 nitrogen and oxygen atoms in total. The fraction of sp³-hybridized carbons (Fsp3) is 0.667. The van der Waals surface area contributed by atoms with Gasteiger partial charge in [-0.25, -0.2) is 9.69 Å². The zero-order valence-electron chi connectivity index (χ0n) is 9.38. The molecule has 0 saturated carbocycles. The van der Waals surface area contributed by atoms with Gasteiger partial charge in [0.25, 0.3) is 0 Å². The molecule has 0 spiro atoms. The van der Waals surface area contributed by atoms with E-state index in [1.807, 2.05) is 0 Å². The number of thioether (sulfide) groups is 1. The fourth-order valence-corrected chi connectivity index (χ4v) is 2.03. The van der Waals surface area contributed by atoms with Gasteiger partial charge in [-0.2, -0.15) is 0 Å². The Kier molecular flexibility index (Phi) is 5.23. The Hall–Kier alpha value is -1.28. The van der Waals surface area contributed by atoms with Crippen LogP contribution in [0.2, 0.25) is 0 Å². The summed E-state index contributed by atoms with van der Waals surface area (Å²) >= 11 is 1.18. The Balaban J connectivity index is 2.24. The van der Waals surface area contributed by atoms with Crippen molar-refractivity contribution in [3.8, 4) is 0 Å². The zero-order chi connectivity index (χ0) is 12.8. The second kappa shape index (κ2) is 6.45. The third-order valence-corrected chi connectivity index (χ3v) is 3.13. The highest BCUT2D eigenvalue weighted by atomic mass is 32.2. The fourth-order valence-electron chi connectivity index (χ4n) is 1.19. The normalized spacial score (nSPS) is 16.6. The van der Waals surface area contributed by atoms with E-state index in [-0.39, 0.29) is 30.6 Å². The highest BCUT2D eigenvalue weighted by Gasteiger charge is 2.28. The Bertz CT molecular complexity index is 323. The summed E-state index contributed by atoms with van der Waals surface area (Å²) in [6.07, 6.45) is -0.618. The van der Waals surface area contributed by atoms with E-state index >= 15 is 0 Å².